The van der Waals surface area contributed by atoms with Gasteiger partial charge in [-0.1, -0.05) is 50.8 Å². The second kappa shape index (κ2) is 16.8. The van der Waals surface area contributed by atoms with E-state index < -0.39 is 48.3 Å². The van der Waals surface area contributed by atoms with Crippen LogP contribution in [0.4, 0.5) is 0 Å². The molecular weight excluding hydrogens is 656 g/mol. The summed E-state index contributed by atoms with van der Waals surface area (Å²) in [6.45, 7) is 9.19. The minimum Gasteiger partial charge on any atom is -0.496 e. The average molecular weight is 699 g/mol. The number of ether oxygens (including phenoxy) is 3. The number of amides is 1. The van der Waals surface area contributed by atoms with Gasteiger partial charge < -0.3 is 35.8 Å². The molecule has 0 saturated heterocycles. The molecule has 0 bridgehead atoms. The highest BCUT2D eigenvalue weighted by molar-refractivity contribution is 6.09. The lowest BCUT2D eigenvalue weighted by Gasteiger charge is -2.19. The van der Waals surface area contributed by atoms with Crippen LogP contribution in [0.15, 0.2) is 55.1 Å². The van der Waals surface area contributed by atoms with Crippen LogP contribution in [0.1, 0.15) is 88.1 Å². The Morgan fingerprint density at radius 1 is 1.04 bits per heavy atom. The Morgan fingerprint density at radius 3 is 2.31 bits per heavy atom. The SMILES string of the molecule is C=Cc1cc(C(=O)Cc2ccc(C(=N)CC(=O)OC(C)OC(=O)[C@@H](N)C(C)C)cc2)c(-c2ccc(C(=O)NCC3CC3)nc2C(=O)O)cc1OC. The molecule has 1 saturated carbocycles. The number of ketones is 1. The van der Waals surface area contributed by atoms with E-state index in [4.69, 9.17) is 25.4 Å². The number of methoxy groups -OCH3 is 1. The number of nitrogens with one attached hydrogen (secondary N) is 2. The molecule has 51 heavy (non-hydrogen) atoms. The molecule has 0 spiro atoms. The molecule has 1 aromatic heterocycles. The molecule has 13 heteroatoms. The highest BCUT2D eigenvalue weighted by Crippen LogP contribution is 2.35. The summed E-state index contributed by atoms with van der Waals surface area (Å²) in [5, 5.41) is 21.2. The van der Waals surface area contributed by atoms with Gasteiger partial charge in [-0.05, 0) is 65.6 Å². The largest absolute Gasteiger partial charge is 0.496 e. The maximum Gasteiger partial charge on any atom is 0.355 e. The Bertz CT molecular complexity index is 1850. The Kier molecular flexibility index (Phi) is 12.6. The number of carbonyl (C=O) groups excluding carboxylic acids is 4. The van der Waals surface area contributed by atoms with Gasteiger partial charge in [0.15, 0.2) is 11.5 Å². The van der Waals surface area contributed by atoms with Crippen molar-refractivity contribution in [2.75, 3.05) is 13.7 Å². The van der Waals surface area contributed by atoms with Crippen molar-refractivity contribution in [3.8, 4) is 16.9 Å². The number of rotatable bonds is 17. The standard InChI is InChI=1S/C38H42N4O9/c1-6-24-16-28(27(17-32(24)49-5)26-13-14-30(42-35(26)37(46)47)36(45)41-19-23-7-8-23)31(43)15-22-9-11-25(12-10-22)29(39)18-33(44)50-21(4)51-38(48)34(40)20(2)3/h6,9-14,16-17,20-21,23,34,39H,1,7-8,15,18-19,40H2,2-5H3,(H,41,45)(H,46,47)/t21?,34-/m0/s1. The molecule has 2 aromatic carbocycles. The first-order chi connectivity index (χ1) is 24.2. The summed E-state index contributed by atoms with van der Waals surface area (Å²) < 4.78 is 15.7. The van der Waals surface area contributed by atoms with Gasteiger partial charge in [0.25, 0.3) is 5.91 Å². The van der Waals surface area contributed by atoms with Crippen molar-refractivity contribution in [3.63, 3.8) is 0 Å². The molecule has 1 amide bonds. The van der Waals surface area contributed by atoms with E-state index in [-0.39, 0.29) is 46.2 Å². The third kappa shape index (κ3) is 9.94. The number of pyridine rings is 1. The van der Waals surface area contributed by atoms with Crippen LogP contribution in [-0.2, 0) is 25.5 Å². The number of hydrogen-bond donors (Lipinski definition) is 4. The quantitative estimate of drug-likeness (QED) is 0.0649. The van der Waals surface area contributed by atoms with Crippen LogP contribution < -0.4 is 15.8 Å². The molecule has 1 aliphatic rings. The summed E-state index contributed by atoms with van der Waals surface area (Å²) in [7, 11) is 1.44. The fourth-order valence-electron chi connectivity index (χ4n) is 5.12. The fourth-order valence-corrected chi connectivity index (χ4v) is 5.12. The lowest BCUT2D eigenvalue weighted by atomic mass is 9.90. The molecule has 5 N–H and O–H groups in total. The maximum absolute atomic E-state index is 13.9. The van der Waals surface area contributed by atoms with Gasteiger partial charge in [-0.15, -0.1) is 0 Å². The summed E-state index contributed by atoms with van der Waals surface area (Å²) in [5.74, 6) is -3.07. The van der Waals surface area contributed by atoms with Crippen LogP contribution >= 0.6 is 0 Å². The number of benzene rings is 2. The Hall–Kier alpha value is -5.69. The molecule has 268 valence electrons. The van der Waals surface area contributed by atoms with Crippen molar-refractivity contribution in [1.82, 2.24) is 10.3 Å². The van der Waals surface area contributed by atoms with Gasteiger partial charge in [0.1, 0.15) is 17.5 Å². The van der Waals surface area contributed by atoms with E-state index in [1.54, 1.807) is 50.2 Å². The minimum absolute atomic E-state index is 0.0532. The molecule has 0 aliphatic heterocycles. The molecular formula is C38H42N4O9. The van der Waals surface area contributed by atoms with E-state index in [0.29, 0.717) is 34.9 Å². The fraction of sp³-hybridized carbons (Fsp3) is 0.342. The summed E-state index contributed by atoms with van der Waals surface area (Å²) in [5.41, 5.74) is 7.32. The molecule has 2 atom stereocenters. The number of aromatic carboxylic acids is 1. The van der Waals surface area contributed by atoms with Crippen LogP contribution in [-0.4, -0.2) is 71.4 Å². The topological polar surface area (TPSA) is 208 Å². The van der Waals surface area contributed by atoms with Crippen molar-refractivity contribution in [1.29, 1.82) is 5.41 Å². The maximum atomic E-state index is 13.9. The van der Waals surface area contributed by atoms with Crippen molar-refractivity contribution >= 4 is 41.4 Å². The van der Waals surface area contributed by atoms with Crippen molar-refractivity contribution in [3.05, 3.63) is 88.8 Å². The number of nitrogens with two attached hydrogens (primary N) is 1. The van der Waals surface area contributed by atoms with Crippen LogP contribution in [0.2, 0.25) is 0 Å². The van der Waals surface area contributed by atoms with Gasteiger partial charge in [-0.2, -0.15) is 0 Å². The predicted molar refractivity (Wildman–Crippen MR) is 189 cm³/mol. The van der Waals surface area contributed by atoms with Crippen molar-refractivity contribution < 1.29 is 43.3 Å². The number of Topliss-reactive ketones (excluding diaryl/α,β-unsaturated/α-hetero) is 1. The monoisotopic (exact) mass is 698 g/mol. The molecule has 1 unspecified atom stereocenters. The molecule has 0 radical (unpaired) electrons. The molecule has 13 nitrogen and oxygen atoms in total. The second-order valence-electron chi connectivity index (χ2n) is 12.6. The molecule has 1 aliphatic carbocycles. The van der Waals surface area contributed by atoms with E-state index in [9.17, 15) is 29.1 Å². The van der Waals surface area contributed by atoms with E-state index >= 15 is 0 Å². The van der Waals surface area contributed by atoms with Gasteiger partial charge in [0.2, 0.25) is 6.29 Å². The van der Waals surface area contributed by atoms with Crippen LogP contribution in [0.5, 0.6) is 5.75 Å². The van der Waals surface area contributed by atoms with Crippen molar-refractivity contribution in [2.24, 2.45) is 17.6 Å². The lowest BCUT2D eigenvalue weighted by molar-refractivity contribution is -0.185. The van der Waals surface area contributed by atoms with Gasteiger partial charge in [-0.3, -0.25) is 19.2 Å². The van der Waals surface area contributed by atoms with Crippen molar-refractivity contribution in [2.45, 2.75) is 58.8 Å². The molecule has 3 aromatic rings. The van der Waals surface area contributed by atoms with Gasteiger partial charge in [0, 0.05) is 42.3 Å². The van der Waals surface area contributed by atoms with Gasteiger partial charge >= 0.3 is 17.9 Å². The molecule has 1 fully saturated rings. The first kappa shape index (κ1) is 38.1. The Balaban J connectivity index is 1.51. The third-order valence-corrected chi connectivity index (χ3v) is 8.32. The number of esters is 2. The summed E-state index contributed by atoms with van der Waals surface area (Å²) in [6, 6.07) is 11.6. The summed E-state index contributed by atoms with van der Waals surface area (Å²) in [6.07, 6.45) is 1.91. The smallest absolute Gasteiger partial charge is 0.355 e. The number of hydrogen-bond acceptors (Lipinski definition) is 11. The van der Waals surface area contributed by atoms with E-state index in [1.165, 1.54) is 32.2 Å². The van der Waals surface area contributed by atoms with E-state index in [1.807, 2.05) is 0 Å². The molecule has 4 rings (SSSR count). The number of carboxylic acids is 1. The number of nitrogens with zero attached hydrogens (tertiary/aromatic N) is 1. The van der Waals surface area contributed by atoms with E-state index in [2.05, 4.69) is 16.9 Å². The average Bonchev–Trinajstić information content (AvgIpc) is 3.94. The molecule has 1 heterocycles. The van der Waals surface area contributed by atoms with Crippen LogP contribution in [0, 0.1) is 17.2 Å². The first-order valence-corrected chi connectivity index (χ1v) is 16.4. The third-order valence-electron chi connectivity index (χ3n) is 8.32. The van der Waals surface area contributed by atoms with Gasteiger partial charge in [-0.25, -0.2) is 9.78 Å². The summed E-state index contributed by atoms with van der Waals surface area (Å²) in [4.78, 5) is 67.5. The number of carboxylic acid groups (broad SMARTS) is 1. The number of aromatic nitrogens is 1. The predicted octanol–water partition coefficient (Wildman–Crippen LogP) is 4.84. The number of carbonyl (C=O) groups is 5. The lowest BCUT2D eigenvalue weighted by Crippen LogP contribution is -2.39. The highest BCUT2D eigenvalue weighted by atomic mass is 16.7. The Labute approximate surface area is 295 Å². The summed E-state index contributed by atoms with van der Waals surface area (Å²) >= 11 is 0. The highest BCUT2D eigenvalue weighted by Gasteiger charge is 2.26. The first-order valence-electron chi connectivity index (χ1n) is 16.4. The second-order valence-corrected chi connectivity index (χ2v) is 12.6. The zero-order valence-electron chi connectivity index (χ0n) is 29.0. The van der Waals surface area contributed by atoms with Gasteiger partial charge in [0.05, 0.1) is 13.5 Å². The van der Waals surface area contributed by atoms with Crippen LogP contribution in [0.3, 0.4) is 0 Å². The zero-order chi connectivity index (χ0) is 37.4. The normalized spacial score (nSPS) is 13.5. The minimum atomic E-state index is -1.38. The van der Waals surface area contributed by atoms with E-state index in [0.717, 1.165) is 12.8 Å². The zero-order valence-corrected chi connectivity index (χ0v) is 29.0. The Morgan fingerprint density at radius 2 is 1.73 bits per heavy atom. The van der Waals surface area contributed by atoms with Crippen LogP contribution in [0.25, 0.3) is 17.2 Å².